The fourth-order valence-electron chi connectivity index (χ4n) is 1.32. The van der Waals surface area contributed by atoms with Crippen molar-refractivity contribution in [2.24, 2.45) is 5.92 Å². The lowest BCUT2D eigenvalue weighted by atomic mass is 9.80. The third-order valence-corrected chi connectivity index (χ3v) is 2.54. The van der Waals surface area contributed by atoms with Gasteiger partial charge in [-0.2, -0.15) is 0 Å². The molecule has 1 rings (SSSR count). The number of hydrogen-bond donors (Lipinski definition) is 1. The second kappa shape index (κ2) is 4.21. The van der Waals surface area contributed by atoms with Crippen LogP contribution in [0.1, 0.15) is 32.1 Å². The van der Waals surface area contributed by atoms with E-state index in [1.807, 2.05) is 0 Å². The van der Waals surface area contributed by atoms with Gasteiger partial charge in [-0.05, 0) is 19.3 Å². The number of carboxylic acids is 1. The molecular formula is C10H14O3. The summed E-state index contributed by atoms with van der Waals surface area (Å²) in [6.07, 6.45) is 3.74. The summed E-state index contributed by atoms with van der Waals surface area (Å²) in [7, 11) is 0. The molecule has 0 aromatic heterocycles. The van der Waals surface area contributed by atoms with Crippen LogP contribution >= 0.6 is 0 Å². The summed E-state index contributed by atoms with van der Waals surface area (Å²) in [6.45, 7) is 3.38. The highest BCUT2D eigenvalue weighted by Crippen LogP contribution is 2.28. The molecule has 0 amide bonds. The third kappa shape index (κ3) is 2.68. The molecule has 0 unspecified atom stereocenters. The zero-order chi connectivity index (χ0) is 9.84. The highest BCUT2D eigenvalue weighted by molar-refractivity contribution is 5.88. The molecule has 0 heterocycles. The van der Waals surface area contributed by atoms with Crippen molar-refractivity contribution in [2.75, 3.05) is 0 Å². The Kier molecular flexibility index (Phi) is 3.23. The Hall–Kier alpha value is -1.12. The lowest BCUT2D eigenvalue weighted by molar-refractivity contribution is -0.132. The minimum absolute atomic E-state index is 0.132. The fraction of sp³-hybridized carbons (Fsp3) is 0.600. The van der Waals surface area contributed by atoms with E-state index in [0.29, 0.717) is 12.8 Å². The van der Waals surface area contributed by atoms with Gasteiger partial charge in [0.05, 0.1) is 0 Å². The minimum Gasteiger partial charge on any atom is -0.478 e. The van der Waals surface area contributed by atoms with E-state index in [1.54, 1.807) is 0 Å². The number of Topliss-reactive ketones (excluding diaryl/α,β-unsaturated/α-hetero) is 1. The van der Waals surface area contributed by atoms with Gasteiger partial charge in [0, 0.05) is 17.9 Å². The lowest BCUT2D eigenvalue weighted by Gasteiger charge is -2.23. The predicted molar refractivity (Wildman–Crippen MR) is 48.4 cm³/mol. The summed E-state index contributed by atoms with van der Waals surface area (Å²) in [4.78, 5) is 21.7. The van der Waals surface area contributed by atoms with E-state index >= 15 is 0 Å². The highest BCUT2D eigenvalue weighted by atomic mass is 16.4. The number of hydrogen-bond acceptors (Lipinski definition) is 2. The van der Waals surface area contributed by atoms with Gasteiger partial charge in [-0.1, -0.05) is 13.0 Å². The molecule has 0 radical (unpaired) electrons. The Morgan fingerprint density at radius 3 is 2.31 bits per heavy atom. The van der Waals surface area contributed by atoms with Crippen molar-refractivity contribution in [1.29, 1.82) is 0 Å². The van der Waals surface area contributed by atoms with Crippen LogP contribution in [0.2, 0.25) is 0 Å². The average molecular weight is 182 g/mol. The van der Waals surface area contributed by atoms with Crippen LogP contribution in [-0.2, 0) is 9.59 Å². The summed E-state index contributed by atoms with van der Waals surface area (Å²) in [5.41, 5.74) is 0.132. The van der Waals surface area contributed by atoms with Crippen molar-refractivity contribution in [3.63, 3.8) is 0 Å². The molecular weight excluding hydrogens is 168 g/mol. The normalized spacial score (nSPS) is 16.3. The van der Waals surface area contributed by atoms with Gasteiger partial charge in [0.25, 0.3) is 0 Å². The number of ketones is 1. The van der Waals surface area contributed by atoms with Gasteiger partial charge in [-0.25, -0.2) is 4.79 Å². The standard InChI is InChI=1S/C10H14O3/c1-7(10(12)13)5-6-9(11)8-3-2-4-8/h8H,1-6H2,(H,12,13). The van der Waals surface area contributed by atoms with Gasteiger partial charge in [-0.3, -0.25) is 4.79 Å². The van der Waals surface area contributed by atoms with Crippen molar-refractivity contribution in [2.45, 2.75) is 32.1 Å². The van der Waals surface area contributed by atoms with Gasteiger partial charge in [0.2, 0.25) is 0 Å². The molecule has 1 saturated carbocycles. The molecule has 13 heavy (non-hydrogen) atoms. The van der Waals surface area contributed by atoms with E-state index in [2.05, 4.69) is 6.58 Å². The van der Waals surface area contributed by atoms with Crippen LogP contribution in [0.4, 0.5) is 0 Å². The van der Waals surface area contributed by atoms with Gasteiger partial charge in [0.15, 0.2) is 0 Å². The summed E-state index contributed by atoms with van der Waals surface area (Å²) < 4.78 is 0. The zero-order valence-corrected chi connectivity index (χ0v) is 7.58. The molecule has 0 saturated heterocycles. The second-order valence-corrected chi connectivity index (χ2v) is 3.50. The maximum atomic E-state index is 11.3. The van der Waals surface area contributed by atoms with Gasteiger partial charge in [-0.15, -0.1) is 0 Å². The Morgan fingerprint density at radius 1 is 1.31 bits per heavy atom. The number of carboxylic acid groups (broad SMARTS) is 1. The van der Waals surface area contributed by atoms with E-state index < -0.39 is 5.97 Å². The van der Waals surface area contributed by atoms with Crippen molar-refractivity contribution in [1.82, 2.24) is 0 Å². The fourth-order valence-corrected chi connectivity index (χ4v) is 1.32. The molecule has 3 nitrogen and oxygen atoms in total. The van der Waals surface area contributed by atoms with E-state index in [-0.39, 0.29) is 17.3 Å². The molecule has 0 aromatic carbocycles. The average Bonchev–Trinajstić information content (AvgIpc) is 1.96. The Bertz CT molecular complexity index is 239. The summed E-state index contributed by atoms with van der Waals surface area (Å²) in [5.74, 6) is -0.586. The number of carbonyl (C=O) groups excluding carboxylic acids is 1. The van der Waals surface area contributed by atoms with E-state index in [4.69, 9.17) is 5.11 Å². The predicted octanol–water partition coefficient (Wildman–Crippen LogP) is 1.78. The van der Waals surface area contributed by atoms with Crippen LogP contribution in [0.25, 0.3) is 0 Å². The Balaban J connectivity index is 2.21. The van der Waals surface area contributed by atoms with E-state index in [9.17, 15) is 9.59 Å². The van der Waals surface area contributed by atoms with Crippen LogP contribution in [0.15, 0.2) is 12.2 Å². The van der Waals surface area contributed by atoms with Crippen LogP contribution in [-0.4, -0.2) is 16.9 Å². The van der Waals surface area contributed by atoms with Crippen LogP contribution < -0.4 is 0 Å². The molecule has 1 N–H and O–H groups in total. The molecule has 1 aliphatic carbocycles. The summed E-state index contributed by atoms with van der Waals surface area (Å²) in [6, 6.07) is 0. The SMILES string of the molecule is C=C(CCC(=O)C1CCC1)C(=O)O. The van der Waals surface area contributed by atoms with Crippen LogP contribution in [0, 0.1) is 5.92 Å². The van der Waals surface area contributed by atoms with Crippen LogP contribution in [0.5, 0.6) is 0 Å². The quantitative estimate of drug-likeness (QED) is 0.659. The molecule has 1 aliphatic rings. The van der Waals surface area contributed by atoms with E-state index in [1.165, 1.54) is 0 Å². The first kappa shape index (κ1) is 9.96. The van der Waals surface area contributed by atoms with E-state index in [0.717, 1.165) is 19.3 Å². The largest absolute Gasteiger partial charge is 0.478 e. The first-order valence-corrected chi connectivity index (χ1v) is 4.55. The number of rotatable bonds is 5. The topological polar surface area (TPSA) is 54.4 Å². The maximum Gasteiger partial charge on any atom is 0.330 e. The summed E-state index contributed by atoms with van der Waals surface area (Å²) >= 11 is 0. The molecule has 72 valence electrons. The first-order valence-electron chi connectivity index (χ1n) is 4.55. The smallest absolute Gasteiger partial charge is 0.330 e. The van der Waals surface area contributed by atoms with Gasteiger partial charge < -0.3 is 5.11 Å². The third-order valence-electron chi connectivity index (χ3n) is 2.54. The second-order valence-electron chi connectivity index (χ2n) is 3.50. The minimum atomic E-state index is -0.999. The van der Waals surface area contributed by atoms with Crippen molar-refractivity contribution >= 4 is 11.8 Å². The monoisotopic (exact) mass is 182 g/mol. The maximum absolute atomic E-state index is 11.3. The molecule has 3 heteroatoms. The zero-order valence-electron chi connectivity index (χ0n) is 7.58. The van der Waals surface area contributed by atoms with Crippen LogP contribution in [0.3, 0.4) is 0 Å². The highest BCUT2D eigenvalue weighted by Gasteiger charge is 2.24. The number of aliphatic carboxylic acids is 1. The van der Waals surface area contributed by atoms with Gasteiger partial charge >= 0.3 is 5.97 Å². The molecule has 0 spiro atoms. The molecule has 0 bridgehead atoms. The molecule has 0 aromatic rings. The Morgan fingerprint density at radius 2 is 1.92 bits per heavy atom. The Labute approximate surface area is 77.4 Å². The lowest BCUT2D eigenvalue weighted by Crippen LogP contribution is -2.21. The van der Waals surface area contributed by atoms with Gasteiger partial charge in [0.1, 0.15) is 5.78 Å². The van der Waals surface area contributed by atoms with Crippen molar-refractivity contribution in [3.8, 4) is 0 Å². The number of carbonyl (C=O) groups is 2. The molecule has 0 aliphatic heterocycles. The summed E-state index contributed by atoms with van der Waals surface area (Å²) in [5, 5.41) is 8.49. The molecule has 0 atom stereocenters. The molecule has 1 fully saturated rings. The first-order chi connectivity index (χ1) is 6.11. The van der Waals surface area contributed by atoms with Crippen molar-refractivity contribution in [3.05, 3.63) is 12.2 Å². The van der Waals surface area contributed by atoms with Crippen molar-refractivity contribution < 1.29 is 14.7 Å².